The molecule has 5 heteroatoms. The monoisotopic (exact) mass is 959 g/mol. The number of hydrogen-bond acceptors (Lipinski definition) is 5. The Morgan fingerprint density at radius 2 is 0.571 bits per heavy atom. The third-order valence-electron chi connectivity index (χ3n) is 10.7. The van der Waals surface area contributed by atoms with Crippen LogP contribution in [0.3, 0.4) is 0 Å². The van der Waals surface area contributed by atoms with Gasteiger partial charge in [-0.05, 0) is 135 Å². The molecule has 0 aliphatic rings. The topological polar surface area (TPSA) is 72.8 Å². The van der Waals surface area contributed by atoms with E-state index in [9.17, 15) is 14.7 Å². The van der Waals surface area contributed by atoms with Gasteiger partial charge in [-0.3, -0.25) is 9.59 Å². The van der Waals surface area contributed by atoms with Crippen molar-refractivity contribution < 1.29 is 24.2 Å². The number of ether oxygens (including phenoxy) is 2. The molecule has 0 heterocycles. The number of rotatable bonds is 47. The lowest BCUT2D eigenvalue weighted by Gasteiger charge is -2.15. The molecule has 0 fully saturated rings. The van der Waals surface area contributed by atoms with Crippen LogP contribution in [0.25, 0.3) is 0 Å². The second-order valence-corrected chi connectivity index (χ2v) is 17.2. The molecule has 0 aromatic heterocycles. The number of aliphatic hydroxyl groups is 1. The van der Waals surface area contributed by atoms with Crippen molar-refractivity contribution in [3.8, 4) is 0 Å². The summed E-state index contributed by atoms with van der Waals surface area (Å²) >= 11 is 0. The highest BCUT2D eigenvalue weighted by Gasteiger charge is 2.16. The van der Waals surface area contributed by atoms with E-state index in [0.29, 0.717) is 12.8 Å². The van der Waals surface area contributed by atoms with E-state index in [1.165, 1.54) is 12.8 Å². The fraction of sp³-hybridized carbons (Fsp3) is 0.508. The summed E-state index contributed by atoms with van der Waals surface area (Å²) in [6.45, 7) is 3.85. The molecule has 0 aromatic rings. The van der Waals surface area contributed by atoms with Gasteiger partial charge < -0.3 is 14.6 Å². The van der Waals surface area contributed by atoms with Gasteiger partial charge in [-0.15, -0.1) is 0 Å². The van der Waals surface area contributed by atoms with Gasteiger partial charge >= 0.3 is 11.9 Å². The zero-order chi connectivity index (χ0) is 50.6. The minimum absolute atomic E-state index is 0.104. The Kier molecular flexibility index (Phi) is 54.1. The quantitative estimate of drug-likeness (QED) is 0.0374. The zero-order valence-electron chi connectivity index (χ0n) is 44.2. The molecule has 0 aliphatic carbocycles. The van der Waals surface area contributed by atoms with E-state index in [1.807, 2.05) is 0 Å². The van der Waals surface area contributed by atoms with Crippen LogP contribution in [0.2, 0.25) is 0 Å². The maximum atomic E-state index is 12.3. The van der Waals surface area contributed by atoms with Crippen LogP contribution in [0.4, 0.5) is 0 Å². The summed E-state index contributed by atoms with van der Waals surface area (Å²) in [6, 6.07) is 0. The third kappa shape index (κ3) is 55.6. The summed E-state index contributed by atoms with van der Waals surface area (Å²) in [4.78, 5) is 24.5. The second-order valence-electron chi connectivity index (χ2n) is 17.2. The van der Waals surface area contributed by atoms with Crippen molar-refractivity contribution in [1.29, 1.82) is 0 Å². The molecule has 0 saturated heterocycles. The molecule has 0 bridgehead atoms. The van der Waals surface area contributed by atoms with Crippen molar-refractivity contribution >= 4 is 11.9 Å². The highest BCUT2D eigenvalue weighted by molar-refractivity contribution is 5.70. The number of aliphatic hydroxyl groups excluding tert-OH is 1. The Bertz CT molecular complexity index is 1650. The van der Waals surface area contributed by atoms with Crippen LogP contribution in [-0.2, 0) is 19.1 Å². The highest BCUT2D eigenvalue weighted by atomic mass is 16.6. The van der Waals surface area contributed by atoms with Gasteiger partial charge in [-0.25, -0.2) is 0 Å². The van der Waals surface area contributed by atoms with Crippen LogP contribution < -0.4 is 0 Å². The molecule has 388 valence electrons. The van der Waals surface area contributed by atoms with Gasteiger partial charge in [0.15, 0.2) is 6.10 Å². The number of unbranched alkanes of at least 4 members (excludes halogenated alkanes) is 9. The molecule has 0 radical (unpaired) electrons. The summed E-state index contributed by atoms with van der Waals surface area (Å²) < 4.78 is 10.7. The average molecular weight is 959 g/mol. The maximum Gasteiger partial charge on any atom is 0.306 e. The lowest BCUT2D eigenvalue weighted by atomic mass is 10.1. The predicted octanol–water partition coefficient (Wildman–Crippen LogP) is 18.7. The maximum absolute atomic E-state index is 12.3. The first-order chi connectivity index (χ1) is 34.6. The molecule has 70 heavy (non-hydrogen) atoms. The van der Waals surface area contributed by atoms with Crippen LogP contribution >= 0.6 is 0 Å². The van der Waals surface area contributed by atoms with Gasteiger partial charge in [0.1, 0.15) is 6.61 Å². The summed E-state index contributed by atoms with van der Waals surface area (Å²) in [5.74, 6) is -0.664. The zero-order valence-corrected chi connectivity index (χ0v) is 44.2. The Labute approximate surface area is 429 Å². The number of carbonyl (C=O) groups excluding carboxylic acids is 2. The fourth-order valence-electron chi connectivity index (χ4n) is 6.67. The van der Waals surface area contributed by atoms with E-state index in [0.717, 1.165) is 154 Å². The second kappa shape index (κ2) is 58.3. The SMILES string of the molecule is CC/C=C\C/C=C\C/C=C\C/C=C\C/C=C\C/C=C\C/C=C\C/C=C\CCCCCCCCC(=O)OC(CO)COC(=O)CCCCC/C=C\C/C=C\C/C=C\C/C=C\C/C=C\C/C=C\C/C=C\CC. The molecule has 0 aliphatic heterocycles. The van der Waals surface area contributed by atoms with E-state index >= 15 is 0 Å². The van der Waals surface area contributed by atoms with Crippen molar-refractivity contribution in [1.82, 2.24) is 0 Å². The van der Waals surface area contributed by atoms with Crippen molar-refractivity contribution in [2.75, 3.05) is 13.2 Å². The van der Waals surface area contributed by atoms with Crippen molar-refractivity contribution in [3.05, 3.63) is 182 Å². The molecule has 1 unspecified atom stereocenters. The van der Waals surface area contributed by atoms with Crippen LogP contribution in [0.1, 0.15) is 194 Å². The minimum Gasteiger partial charge on any atom is -0.462 e. The molecule has 0 amide bonds. The van der Waals surface area contributed by atoms with Crippen molar-refractivity contribution in [2.24, 2.45) is 0 Å². The van der Waals surface area contributed by atoms with Gasteiger partial charge in [0.2, 0.25) is 0 Å². The Morgan fingerprint density at radius 1 is 0.329 bits per heavy atom. The number of hydrogen-bond donors (Lipinski definition) is 1. The molecule has 0 aromatic carbocycles. The van der Waals surface area contributed by atoms with E-state index in [2.05, 4.69) is 196 Å². The molecule has 1 N–H and O–H groups in total. The largest absolute Gasteiger partial charge is 0.462 e. The first-order valence-corrected chi connectivity index (χ1v) is 27.3. The first kappa shape index (κ1) is 65.0. The van der Waals surface area contributed by atoms with Gasteiger partial charge in [-0.1, -0.05) is 228 Å². The number of carbonyl (C=O) groups is 2. The summed E-state index contributed by atoms with van der Waals surface area (Å²) in [5.41, 5.74) is 0. The lowest BCUT2D eigenvalue weighted by molar-refractivity contribution is -0.161. The molecule has 0 saturated carbocycles. The van der Waals surface area contributed by atoms with E-state index in [4.69, 9.17) is 9.47 Å². The first-order valence-electron chi connectivity index (χ1n) is 27.3. The van der Waals surface area contributed by atoms with Crippen molar-refractivity contribution in [3.63, 3.8) is 0 Å². The summed E-state index contributed by atoms with van der Waals surface area (Å²) in [6.07, 6.45) is 92.7. The minimum atomic E-state index is -0.811. The van der Waals surface area contributed by atoms with Gasteiger partial charge in [0.25, 0.3) is 0 Å². The third-order valence-corrected chi connectivity index (χ3v) is 10.7. The standard InChI is InChI=1S/C65H98O5/c1-3-5-7-9-11-13-15-17-19-21-23-25-27-29-30-31-32-33-34-36-38-40-42-44-46-48-50-52-54-56-58-60-65(68)70-63(61-66)62-69-64(67)59-57-55-53-51-49-47-45-43-41-39-37-35-28-26-24-22-20-18-16-14-12-10-8-6-4-2/h5-8,11-14,17-20,23-26,29-30,32-33,35-38,41-44,47,49,63,66H,3-4,9-10,15-16,21-22,27-28,31,34,39-40,45-46,48,50-62H2,1-2H3/b7-5-,8-6-,13-11-,14-12-,19-17-,20-18-,25-23-,26-24-,30-29-,33-32-,37-35-,38-36-,43-41-,44-42-,49-47-. The normalized spacial score (nSPS) is 13.7. The van der Waals surface area contributed by atoms with Crippen LogP contribution in [0.5, 0.6) is 0 Å². The fourth-order valence-corrected chi connectivity index (χ4v) is 6.67. The molecule has 5 nitrogen and oxygen atoms in total. The van der Waals surface area contributed by atoms with Crippen molar-refractivity contribution in [2.45, 2.75) is 200 Å². The highest BCUT2D eigenvalue weighted by Crippen LogP contribution is 2.11. The van der Waals surface area contributed by atoms with E-state index < -0.39 is 6.10 Å². The summed E-state index contributed by atoms with van der Waals surface area (Å²) in [7, 11) is 0. The molecule has 1 atom stereocenters. The van der Waals surface area contributed by atoms with Crippen LogP contribution in [0, 0.1) is 0 Å². The number of allylic oxidation sites excluding steroid dienone is 30. The molecule has 0 rings (SSSR count). The smallest absolute Gasteiger partial charge is 0.306 e. The van der Waals surface area contributed by atoms with E-state index in [1.54, 1.807) is 0 Å². The number of esters is 2. The van der Waals surface area contributed by atoms with Gasteiger partial charge in [0.05, 0.1) is 6.61 Å². The van der Waals surface area contributed by atoms with Crippen LogP contribution in [-0.4, -0.2) is 36.4 Å². The Morgan fingerprint density at radius 3 is 0.871 bits per heavy atom. The lowest BCUT2D eigenvalue weighted by Crippen LogP contribution is -2.28. The van der Waals surface area contributed by atoms with E-state index in [-0.39, 0.29) is 25.2 Å². The molecular formula is C65H98O5. The predicted molar refractivity (Wildman–Crippen MR) is 306 cm³/mol. The molecular weight excluding hydrogens is 861 g/mol. The summed E-state index contributed by atoms with van der Waals surface area (Å²) in [5, 5.41) is 9.65. The Hall–Kier alpha value is -5.00. The van der Waals surface area contributed by atoms with Gasteiger partial charge in [0, 0.05) is 12.8 Å². The molecule has 0 spiro atoms. The van der Waals surface area contributed by atoms with Crippen LogP contribution in [0.15, 0.2) is 182 Å². The average Bonchev–Trinajstić information content (AvgIpc) is 3.36. The van der Waals surface area contributed by atoms with Gasteiger partial charge in [-0.2, -0.15) is 0 Å². The Balaban J connectivity index is 3.71.